The molecule has 0 aromatic heterocycles. The highest BCUT2D eigenvalue weighted by molar-refractivity contribution is 6.30. The molecule has 1 aromatic rings. The summed E-state index contributed by atoms with van der Waals surface area (Å²) in [5, 5.41) is 10.3. The number of halogens is 1. The highest BCUT2D eigenvalue weighted by Gasteiger charge is 2.54. The Balaban J connectivity index is 1.41. The molecule has 25 heavy (non-hydrogen) atoms. The van der Waals surface area contributed by atoms with Crippen LogP contribution in [0.15, 0.2) is 24.3 Å². The van der Waals surface area contributed by atoms with Gasteiger partial charge in [-0.05, 0) is 55.4 Å². The van der Waals surface area contributed by atoms with Crippen LogP contribution in [0.25, 0.3) is 0 Å². The topological polar surface area (TPSA) is 60.9 Å². The number of carbonyl (C=O) groups excluding carboxylic acids is 1. The van der Waals surface area contributed by atoms with Crippen molar-refractivity contribution in [3.05, 3.63) is 29.3 Å². The third kappa shape index (κ3) is 2.99. The summed E-state index contributed by atoms with van der Waals surface area (Å²) in [6.45, 7) is 2.85. The van der Waals surface area contributed by atoms with Crippen LogP contribution in [0, 0.1) is 23.7 Å². The Bertz CT molecular complexity index is 670. The molecule has 134 valence electrons. The number of carbonyl (C=O) groups is 2. The van der Waals surface area contributed by atoms with Crippen LogP contribution in [0.3, 0.4) is 0 Å². The second-order valence-electron chi connectivity index (χ2n) is 7.51. The minimum Gasteiger partial charge on any atom is -0.481 e. The van der Waals surface area contributed by atoms with Crippen LogP contribution in [0.5, 0.6) is 0 Å². The van der Waals surface area contributed by atoms with E-state index in [-0.39, 0.29) is 23.7 Å². The molecule has 1 aromatic carbocycles. The maximum atomic E-state index is 13.0. The van der Waals surface area contributed by atoms with E-state index < -0.39 is 11.9 Å². The van der Waals surface area contributed by atoms with E-state index in [2.05, 4.69) is 4.90 Å². The van der Waals surface area contributed by atoms with E-state index in [0.29, 0.717) is 18.1 Å². The van der Waals surface area contributed by atoms with Crippen LogP contribution in [0.2, 0.25) is 5.02 Å². The normalized spacial score (nSPS) is 31.4. The lowest BCUT2D eigenvalue weighted by atomic mass is 9.78. The fraction of sp³-hybridized carbons (Fsp3) is 0.579. The van der Waals surface area contributed by atoms with Gasteiger partial charge in [-0.2, -0.15) is 0 Å². The molecular weight excluding hydrogens is 340 g/mol. The third-order valence-electron chi connectivity index (χ3n) is 6.27. The van der Waals surface area contributed by atoms with Crippen molar-refractivity contribution < 1.29 is 14.7 Å². The molecule has 1 heterocycles. The molecule has 1 saturated heterocycles. The molecule has 4 atom stereocenters. The fourth-order valence-electron chi connectivity index (χ4n) is 5.05. The highest BCUT2D eigenvalue weighted by Crippen LogP contribution is 2.53. The van der Waals surface area contributed by atoms with Gasteiger partial charge in [0.2, 0.25) is 5.91 Å². The summed E-state index contributed by atoms with van der Waals surface area (Å²) in [4.78, 5) is 28.8. The van der Waals surface area contributed by atoms with E-state index in [1.807, 2.05) is 29.2 Å². The summed E-state index contributed by atoms with van der Waals surface area (Å²) in [5.74, 6) is -1.03. The Morgan fingerprint density at radius 2 is 1.56 bits per heavy atom. The zero-order chi connectivity index (χ0) is 17.6. The zero-order valence-electron chi connectivity index (χ0n) is 14.1. The van der Waals surface area contributed by atoms with Gasteiger partial charge in [0, 0.05) is 36.9 Å². The molecule has 1 aliphatic heterocycles. The molecule has 3 aliphatic rings. The first-order chi connectivity index (χ1) is 12.0. The maximum absolute atomic E-state index is 13.0. The smallest absolute Gasteiger partial charge is 0.307 e. The van der Waals surface area contributed by atoms with Crippen LogP contribution in [0.1, 0.15) is 19.3 Å². The van der Waals surface area contributed by atoms with E-state index in [1.165, 1.54) is 0 Å². The lowest BCUT2D eigenvalue weighted by Gasteiger charge is -2.39. The molecule has 1 amide bonds. The minimum absolute atomic E-state index is 0.0651. The van der Waals surface area contributed by atoms with Gasteiger partial charge in [0.15, 0.2) is 0 Å². The van der Waals surface area contributed by atoms with Crippen molar-refractivity contribution in [1.82, 2.24) is 4.90 Å². The van der Waals surface area contributed by atoms with Gasteiger partial charge in [-0.15, -0.1) is 0 Å². The van der Waals surface area contributed by atoms with Crippen molar-refractivity contribution in [1.29, 1.82) is 0 Å². The minimum atomic E-state index is -0.787. The van der Waals surface area contributed by atoms with E-state index in [1.54, 1.807) is 0 Å². The average molecular weight is 363 g/mol. The van der Waals surface area contributed by atoms with Gasteiger partial charge >= 0.3 is 5.97 Å². The van der Waals surface area contributed by atoms with Crippen molar-refractivity contribution in [3.8, 4) is 0 Å². The largest absolute Gasteiger partial charge is 0.481 e. The van der Waals surface area contributed by atoms with E-state index in [9.17, 15) is 14.7 Å². The summed E-state index contributed by atoms with van der Waals surface area (Å²) in [6, 6.07) is 7.74. The van der Waals surface area contributed by atoms with Crippen molar-refractivity contribution in [2.24, 2.45) is 23.7 Å². The highest BCUT2D eigenvalue weighted by atomic mass is 35.5. The second kappa shape index (κ2) is 6.52. The SMILES string of the molecule is O=C(O)[C@H]1[C@@H]2CC[C@H](C2)[C@@H]1C(=O)N1CCN(c2ccc(Cl)cc2)CC1. The standard InChI is InChI=1S/C19H23ClN2O3/c20-14-3-5-15(6-4-14)21-7-9-22(10-8-21)18(23)16-12-1-2-13(11-12)17(16)19(24)25/h3-6,12-13,16-17H,1-2,7-11H2,(H,24,25)/t12-,13-,16+,17+/m1/s1. The first-order valence-electron chi connectivity index (χ1n) is 9.06. The number of hydrogen-bond acceptors (Lipinski definition) is 3. The molecule has 5 nitrogen and oxygen atoms in total. The van der Waals surface area contributed by atoms with E-state index in [0.717, 1.165) is 38.0 Å². The Morgan fingerprint density at radius 3 is 2.16 bits per heavy atom. The number of carboxylic acid groups (broad SMARTS) is 1. The molecule has 2 saturated carbocycles. The average Bonchev–Trinajstić information content (AvgIpc) is 3.23. The monoisotopic (exact) mass is 362 g/mol. The van der Waals surface area contributed by atoms with Crippen molar-refractivity contribution in [2.45, 2.75) is 19.3 Å². The maximum Gasteiger partial charge on any atom is 0.307 e. The summed E-state index contributed by atoms with van der Waals surface area (Å²) in [6.07, 6.45) is 2.89. The van der Waals surface area contributed by atoms with Crippen LogP contribution in [-0.2, 0) is 9.59 Å². The summed E-state index contributed by atoms with van der Waals surface area (Å²) in [7, 11) is 0. The molecule has 2 aliphatic carbocycles. The molecule has 0 radical (unpaired) electrons. The number of hydrogen-bond donors (Lipinski definition) is 1. The Kier molecular flexibility index (Phi) is 4.36. The molecule has 2 bridgehead atoms. The van der Waals surface area contributed by atoms with Gasteiger partial charge in [-0.1, -0.05) is 11.6 Å². The van der Waals surface area contributed by atoms with Crippen LogP contribution in [-0.4, -0.2) is 48.1 Å². The number of benzene rings is 1. The molecule has 6 heteroatoms. The van der Waals surface area contributed by atoms with Gasteiger partial charge < -0.3 is 14.9 Å². The van der Waals surface area contributed by atoms with Crippen molar-refractivity contribution >= 4 is 29.2 Å². The quantitative estimate of drug-likeness (QED) is 0.898. The van der Waals surface area contributed by atoms with Crippen LogP contribution < -0.4 is 4.90 Å². The lowest BCUT2D eigenvalue weighted by molar-refractivity contribution is -0.153. The number of nitrogens with zero attached hydrogens (tertiary/aromatic N) is 2. The summed E-state index contributed by atoms with van der Waals surface area (Å²) >= 11 is 5.94. The predicted octanol–water partition coefficient (Wildman–Crippen LogP) is 2.74. The van der Waals surface area contributed by atoms with Crippen molar-refractivity contribution in [2.75, 3.05) is 31.1 Å². The first kappa shape index (κ1) is 16.7. The molecule has 4 rings (SSSR count). The van der Waals surface area contributed by atoms with Gasteiger partial charge in [0.05, 0.1) is 11.8 Å². The van der Waals surface area contributed by atoms with Gasteiger partial charge in [-0.3, -0.25) is 9.59 Å². The Hall–Kier alpha value is -1.75. The van der Waals surface area contributed by atoms with Gasteiger partial charge in [-0.25, -0.2) is 0 Å². The Labute approximate surface area is 152 Å². The number of fused-ring (bicyclic) bond motifs is 2. The fourth-order valence-corrected chi connectivity index (χ4v) is 5.18. The number of rotatable bonds is 3. The summed E-state index contributed by atoms with van der Waals surface area (Å²) in [5.41, 5.74) is 1.11. The second-order valence-corrected chi connectivity index (χ2v) is 7.95. The number of carboxylic acids is 1. The Morgan fingerprint density at radius 1 is 0.960 bits per heavy atom. The predicted molar refractivity (Wildman–Crippen MR) is 95.7 cm³/mol. The number of amides is 1. The van der Waals surface area contributed by atoms with Gasteiger partial charge in [0.25, 0.3) is 0 Å². The van der Waals surface area contributed by atoms with Crippen LogP contribution >= 0.6 is 11.6 Å². The lowest BCUT2D eigenvalue weighted by Crippen LogP contribution is -2.52. The third-order valence-corrected chi connectivity index (χ3v) is 6.52. The summed E-state index contributed by atoms with van der Waals surface area (Å²) < 4.78 is 0. The molecule has 0 unspecified atom stereocenters. The molecule has 3 fully saturated rings. The molecular formula is C19H23ClN2O3. The number of anilines is 1. The van der Waals surface area contributed by atoms with Crippen molar-refractivity contribution in [3.63, 3.8) is 0 Å². The van der Waals surface area contributed by atoms with Crippen LogP contribution in [0.4, 0.5) is 5.69 Å². The number of piperazine rings is 1. The first-order valence-corrected chi connectivity index (χ1v) is 9.44. The molecule has 1 N–H and O–H groups in total. The number of aliphatic carboxylic acids is 1. The van der Waals surface area contributed by atoms with Gasteiger partial charge in [0.1, 0.15) is 0 Å². The zero-order valence-corrected chi connectivity index (χ0v) is 14.9. The molecule has 0 spiro atoms. The van der Waals surface area contributed by atoms with E-state index >= 15 is 0 Å². The van der Waals surface area contributed by atoms with E-state index in [4.69, 9.17) is 11.6 Å².